The second-order valence-electron chi connectivity index (χ2n) is 7.89. The highest BCUT2D eigenvalue weighted by Crippen LogP contribution is 2.39. The average molecular weight is 371 g/mol. The lowest BCUT2D eigenvalue weighted by Crippen LogP contribution is -2.55. The second kappa shape index (κ2) is 8.55. The maximum absolute atomic E-state index is 12.5. The van der Waals surface area contributed by atoms with Crippen LogP contribution in [0, 0.1) is 5.41 Å². The number of rotatable bonds is 5. The Morgan fingerprint density at radius 2 is 1.93 bits per heavy atom. The molecule has 1 spiro atoms. The molecule has 2 aliphatic rings. The lowest BCUT2D eigenvalue weighted by molar-refractivity contribution is -0.143. The number of hydrogen-bond donors (Lipinski definition) is 1. The second-order valence-corrected chi connectivity index (χ2v) is 7.89. The van der Waals surface area contributed by atoms with Crippen LogP contribution in [0.3, 0.4) is 0 Å². The molecule has 3 rings (SSSR count). The normalized spacial score (nSPS) is 22.8. The van der Waals surface area contributed by atoms with Crippen molar-refractivity contribution in [2.45, 2.75) is 45.6 Å². The molecular formula is C21H29N3O3. The van der Waals surface area contributed by atoms with Crippen LogP contribution in [0.15, 0.2) is 30.3 Å². The first kappa shape index (κ1) is 19.4. The van der Waals surface area contributed by atoms with Gasteiger partial charge in [-0.1, -0.05) is 30.3 Å². The minimum absolute atomic E-state index is 0.00457. The van der Waals surface area contributed by atoms with Crippen LogP contribution in [0.25, 0.3) is 0 Å². The number of carbonyl (C=O) groups is 3. The van der Waals surface area contributed by atoms with E-state index in [0.29, 0.717) is 32.5 Å². The lowest BCUT2D eigenvalue weighted by atomic mass is 9.73. The first-order chi connectivity index (χ1) is 13.0. The topological polar surface area (TPSA) is 69.7 Å². The molecule has 6 nitrogen and oxygen atoms in total. The summed E-state index contributed by atoms with van der Waals surface area (Å²) in [5.41, 5.74) is 1.15. The van der Waals surface area contributed by atoms with Gasteiger partial charge >= 0.3 is 0 Å². The zero-order chi connectivity index (χ0) is 19.3. The number of nitrogens with zero attached hydrogens (tertiary/aromatic N) is 2. The molecule has 0 aliphatic carbocycles. The molecule has 1 aromatic rings. The van der Waals surface area contributed by atoms with Crippen LogP contribution >= 0.6 is 0 Å². The predicted molar refractivity (Wildman–Crippen MR) is 103 cm³/mol. The van der Waals surface area contributed by atoms with Crippen molar-refractivity contribution in [3.05, 3.63) is 35.9 Å². The van der Waals surface area contributed by atoms with E-state index in [1.807, 2.05) is 40.1 Å². The van der Waals surface area contributed by atoms with Gasteiger partial charge in [-0.2, -0.15) is 0 Å². The molecule has 0 saturated carbocycles. The first-order valence-corrected chi connectivity index (χ1v) is 9.81. The number of hydrogen-bond acceptors (Lipinski definition) is 3. The van der Waals surface area contributed by atoms with Crippen molar-refractivity contribution in [1.29, 1.82) is 0 Å². The van der Waals surface area contributed by atoms with Crippen LogP contribution < -0.4 is 5.32 Å². The van der Waals surface area contributed by atoms with Gasteiger partial charge in [-0.3, -0.25) is 14.4 Å². The molecule has 3 amide bonds. The Hall–Kier alpha value is -2.37. The van der Waals surface area contributed by atoms with Gasteiger partial charge in [0.1, 0.15) is 0 Å². The molecule has 0 bridgehead atoms. The molecule has 6 heteroatoms. The molecule has 1 unspecified atom stereocenters. The smallest absolute Gasteiger partial charge is 0.224 e. The standard InChI is InChI=1S/C21H29N3O3/c1-17(25)22-12-9-20(27)23-13-5-10-21(15-23)11-8-19(26)24(16-21)14-18-6-3-2-4-7-18/h2-4,6-7H,5,8-16H2,1H3,(H,22,25). The fourth-order valence-electron chi connectivity index (χ4n) is 4.31. The fraction of sp³-hybridized carbons (Fsp3) is 0.571. The van der Waals surface area contributed by atoms with Crippen LogP contribution in [0.4, 0.5) is 0 Å². The van der Waals surface area contributed by atoms with E-state index in [2.05, 4.69) is 5.32 Å². The fourth-order valence-corrected chi connectivity index (χ4v) is 4.31. The molecule has 2 aliphatic heterocycles. The molecule has 2 heterocycles. The summed E-state index contributed by atoms with van der Waals surface area (Å²) in [5.74, 6) is 0.188. The van der Waals surface area contributed by atoms with Crippen LogP contribution in [-0.2, 0) is 20.9 Å². The summed E-state index contributed by atoms with van der Waals surface area (Å²) in [5, 5.41) is 2.69. The highest BCUT2D eigenvalue weighted by molar-refractivity contribution is 5.79. The highest BCUT2D eigenvalue weighted by atomic mass is 16.2. The van der Waals surface area contributed by atoms with E-state index in [-0.39, 0.29) is 23.1 Å². The van der Waals surface area contributed by atoms with Gasteiger partial charge in [0.25, 0.3) is 0 Å². The van der Waals surface area contributed by atoms with Gasteiger partial charge in [0.05, 0.1) is 0 Å². The Labute approximate surface area is 160 Å². The minimum Gasteiger partial charge on any atom is -0.356 e. The monoisotopic (exact) mass is 371 g/mol. The zero-order valence-corrected chi connectivity index (χ0v) is 16.1. The average Bonchev–Trinajstić information content (AvgIpc) is 2.65. The summed E-state index contributed by atoms with van der Waals surface area (Å²) < 4.78 is 0. The maximum atomic E-state index is 12.5. The molecule has 0 radical (unpaired) electrons. The molecular weight excluding hydrogens is 342 g/mol. The Kier molecular flexibility index (Phi) is 6.14. The number of amides is 3. The summed E-state index contributed by atoms with van der Waals surface area (Å²) in [4.78, 5) is 39.9. The summed E-state index contributed by atoms with van der Waals surface area (Å²) in [6.07, 6.45) is 3.77. The van der Waals surface area contributed by atoms with E-state index in [0.717, 1.165) is 37.9 Å². The van der Waals surface area contributed by atoms with Crippen molar-refractivity contribution in [3.63, 3.8) is 0 Å². The van der Waals surface area contributed by atoms with Crippen molar-refractivity contribution < 1.29 is 14.4 Å². The van der Waals surface area contributed by atoms with Gasteiger partial charge < -0.3 is 15.1 Å². The largest absolute Gasteiger partial charge is 0.356 e. The highest BCUT2D eigenvalue weighted by Gasteiger charge is 2.42. The van der Waals surface area contributed by atoms with E-state index in [9.17, 15) is 14.4 Å². The number of benzene rings is 1. The van der Waals surface area contributed by atoms with Crippen LogP contribution in [-0.4, -0.2) is 53.7 Å². The van der Waals surface area contributed by atoms with Gasteiger partial charge in [-0.05, 0) is 24.8 Å². The number of piperidine rings is 2. The van der Waals surface area contributed by atoms with Gasteiger partial charge in [-0.25, -0.2) is 0 Å². The molecule has 146 valence electrons. The Morgan fingerprint density at radius 1 is 1.15 bits per heavy atom. The van der Waals surface area contributed by atoms with Gasteiger partial charge in [0, 0.05) is 57.9 Å². The van der Waals surface area contributed by atoms with Crippen molar-refractivity contribution in [1.82, 2.24) is 15.1 Å². The molecule has 1 aromatic carbocycles. The third-order valence-corrected chi connectivity index (χ3v) is 5.69. The molecule has 0 aromatic heterocycles. The number of carbonyl (C=O) groups excluding carboxylic acids is 3. The summed E-state index contributed by atoms with van der Waals surface area (Å²) >= 11 is 0. The quantitative estimate of drug-likeness (QED) is 0.860. The van der Waals surface area contributed by atoms with E-state index in [1.165, 1.54) is 6.92 Å². The molecule has 2 fully saturated rings. The van der Waals surface area contributed by atoms with Crippen molar-refractivity contribution in [2.24, 2.45) is 5.41 Å². The third kappa shape index (κ3) is 5.08. The van der Waals surface area contributed by atoms with E-state index in [4.69, 9.17) is 0 Å². The van der Waals surface area contributed by atoms with E-state index >= 15 is 0 Å². The number of likely N-dealkylation sites (tertiary alicyclic amines) is 2. The van der Waals surface area contributed by atoms with E-state index in [1.54, 1.807) is 0 Å². The van der Waals surface area contributed by atoms with Crippen molar-refractivity contribution in [2.75, 3.05) is 26.2 Å². The van der Waals surface area contributed by atoms with Gasteiger partial charge in [0.2, 0.25) is 17.7 Å². The van der Waals surface area contributed by atoms with Crippen LogP contribution in [0.5, 0.6) is 0 Å². The van der Waals surface area contributed by atoms with Crippen LogP contribution in [0.2, 0.25) is 0 Å². The molecule has 27 heavy (non-hydrogen) atoms. The molecule has 1 N–H and O–H groups in total. The Balaban J connectivity index is 1.61. The summed E-state index contributed by atoms with van der Waals surface area (Å²) in [6, 6.07) is 10.1. The van der Waals surface area contributed by atoms with Crippen LogP contribution in [0.1, 0.15) is 44.6 Å². The van der Waals surface area contributed by atoms with Crippen molar-refractivity contribution >= 4 is 17.7 Å². The van der Waals surface area contributed by atoms with Gasteiger partial charge in [-0.15, -0.1) is 0 Å². The number of nitrogens with one attached hydrogen (secondary N) is 1. The summed E-state index contributed by atoms with van der Waals surface area (Å²) in [7, 11) is 0. The molecule has 1 atom stereocenters. The van der Waals surface area contributed by atoms with Crippen molar-refractivity contribution in [3.8, 4) is 0 Å². The Morgan fingerprint density at radius 3 is 2.67 bits per heavy atom. The lowest BCUT2D eigenvalue weighted by Gasteiger charge is -2.48. The molecule has 2 saturated heterocycles. The minimum atomic E-state index is -0.111. The predicted octanol–water partition coefficient (Wildman–Crippen LogP) is 1.94. The van der Waals surface area contributed by atoms with E-state index < -0.39 is 0 Å². The first-order valence-electron chi connectivity index (χ1n) is 9.81. The summed E-state index contributed by atoms with van der Waals surface area (Å²) in [6.45, 7) is 4.68. The SMILES string of the molecule is CC(=O)NCCC(=O)N1CCCC2(CCC(=O)N(Cc3ccccc3)C2)C1. The zero-order valence-electron chi connectivity index (χ0n) is 16.1. The Bertz CT molecular complexity index is 691. The third-order valence-electron chi connectivity index (χ3n) is 5.69. The van der Waals surface area contributed by atoms with Gasteiger partial charge in [0.15, 0.2) is 0 Å². The maximum Gasteiger partial charge on any atom is 0.224 e.